The molecule has 0 aromatic carbocycles. The fourth-order valence-corrected chi connectivity index (χ4v) is 4.58. The maximum atomic E-state index is 10.7. The standard InChI is InChI=1S/C15H18O2/c1-7-6-17-11-5-15(3)10-4-9(10)8(2)13(15)14(16)12(7)11/h6,9-10,13-14,16H,2,4-5H2,1,3H3/t9?,10?,13?,14?,15-/m0/s1. The van der Waals surface area contributed by atoms with Crippen molar-refractivity contribution in [3.63, 3.8) is 0 Å². The molecule has 17 heavy (non-hydrogen) atoms. The van der Waals surface area contributed by atoms with E-state index in [1.165, 1.54) is 12.0 Å². The Morgan fingerprint density at radius 3 is 3.06 bits per heavy atom. The predicted octanol–water partition coefficient (Wildman–Crippen LogP) is 3.01. The van der Waals surface area contributed by atoms with Crippen molar-refractivity contribution < 1.29 is 9.52 Å². The number of hydrogen-bond donors (Lipinski definition) is 1. The third kappa shape index (κ3) is 0.971. The Labute approximate surface area is 101 Å². The highest BCUT2D eigenvalue weighted by Crippen LogP contribution is 2.72. The molecule has 2 nitrogen and oxygen atoms in total. The van der Waals surface area contributed by atoms with E-state index in [1.54, 1.807) is 6.26 Å². The van der Waals surface area contributed by atoms with E-state index in [9.17, 15) is 5.11 Å². The van der Waals surface area contributed by atoms with Crippen LogP contribution in [0.25, 0.3) is 0 Å². The first-order chi connectivity index (χ1) is 8.04. The molecule has 2 heteroatoms. The summed E-state index contributed by atoms with van der Waals surface area (Å²) in [6.07, 6.45) is 3.62. The molecule has 0 aliphatic heterocycles. The van der Waals surface area contributed by atoms with E-state index in [0.29, 0.717) is 5.92 Å². The summed E-state index contributed by atoms with van der Waals surface area (Å²) in [5.74, 6) is 2.65. The van der Waals surface area contributed by atoms with Crippen LogP contribution in [-0.2, 0) is 6.42 Å². The van der Waals surface area contributed by atoms with Crippen LogP contribution in [0.5, 0.6) is 0 Å². The number of fused-ring (bicyclic) bond motifs is 4. The van der Waals surface area contributed by atoms with Gasteiger partial charge in [-0.1, -0.05) is 19.1 Å². The smallest absolute Gasteiger partial charge is 0.110 e. The molecule has 3 aliphatic rings. The molecular weight excluding hydrogens is 212 g/mol. The zero-order chi connectivity index (χ0) is 11.9. The molecule has 0 bridgehead atoms. The molecule has 2 saturated carbocycles. The zero-order valence-electron chi connectivity index (χ0n) is 10.4. The second kappa shape index (κ2) is 2.69. The Balaban J connectivity index is 1.90. The lowest BCUT2D eigenvalue weighted by Gasteiger charge is -2.41. The lowest BCUT2D eigenvalue weighted by atomic mass is 9.64. The van der Waals surface area contributed by atoms with Crippen molar-refractivity contribution >= 4 is 0 Å². The minimum Gasteiger partial charge on any atom is -0.469 e. The van der Waals surface area contributed by atoms with Crippen LogP contribution < -0.4 is 0 Å². The van der Waals surface area contributed by atoms with Crippen molar-refractivity contribution in [1.82, 2.24) is 0 Å². The molecule has 3 aliphatic carbocycles. The Morgan fingerprint density at radius 2 is 2.29 bits per heavy atom. The van der Waals surface area contributed by atoms with Crippen LogP contribution >= 0.6 is 0 Å². The summed E-state index contributed by atoms with van der Waals surface area (Å²) in [5, 5.41) is 10.7. The SMILES string of the molecule is C=C1C2CC2[C@]2(C)Cc3occ(C)c3C(O)C12. The molecular formula is C15H18O2. The van der Waals surface area contributed by atoms with Gasteiger partial charge in [-0.3, -0.25) is 0 Å². The molecule has 90 valence electrons. The van der Waals surface area contributed by atoms with Gasteiger partial charge < -0.3 is 9.52 Å². The second-order valence-electron chi connectivity index (χ2n) is 6.38. The number of aliphatic hydroxyl groups is 1. The van der Waals surface area contributed by atoms with Crippen LogP contribution in [-0.4, -0.2) is 5.11 Å². The quantitative estimate of drug-likeness (QED) is 0.695. The van der Waals surface area contributed by atoms with Crippen LogP contribution in [0.2, 0.25) is 0 Å². The van der Waals surface area contributed by atoms with Crippen LogP contribution in [0.1, 0.15) is 36.3 Å². The fraction of sp³-hybridized carbons (Fsp3) is 0.600. The third-order valence-electron chi connectivity index (χ3n) is 5.48. The molecule has 0 spiro atoms. The first-order valence-corrected chi connectivity index (χ1v) is 6.47. The van der Waals surface area contributed by atoms with Gasteiger partial charge in [-0.25, -0.2) is 0 Å². The summed E-state index contributed by atoms with van der Waals surface area (Å²) >= 11 is 0. The van der Waals surface area contributed by atoms with Crippen LogP contribution in [0.4, 0.5) is 0 Å². The normalized spacial score (nSPS) is 46.4. The lowest BCUT2D eigenvalue weighted by Crippen LogP contribution is -2.37. The minimum absolute atomic E-state index is 0.179. The van der Waals surface area contributed by atoms with Crippen molar-refractivity contribution in [2.75, 3.05) is 0 Å². The zero-order valence-corrected chi connectivity index (χ0v) is 10.4. The van der Waals surface area contributed by atoms with Gasteiger partial charge in [-0.05, 0) is 36.2 Å². The maximum Gasteiger partial charge on any atom is 0.110 e. The van der Waals surface area contributed by atoms with E-state index in [1.807, 2.05) is 6.92 Å². The molecule has 1 N–H and O–H groups in total. The number of aryl methyl sites for hydroxylation is 1. The molecule has 2 fully saturated rings. The van der Waals surface area contributed by atoms with Crippen molar-refractivity contribution in [1.29, 1.82) is 0 Å². The first kappa shape index (κ1) is 9.95. The summed E-state index contributed by atoms with van der Waals surface area (Å²) in [6, 6.07) is 0. The van der Waals surface area contributed by atoms with Gasteiger partial charge in [0.2, 0.25) is 0 Å². The largest absolute Gasteiger partial charge is 0.469 e. The van der Waals surface area contributed by atoms with Gasteiger partial charge in [0, 0.05) is 17.9 Å². The monoisotopic (exact) mass is 230 g/mol. The Kier molecular flexibility index (Phi) is 1.58. The first-order valence-electron chi connectivity index (χ1n) is 6.47. The summed E-state index contributed by atoms with van der Waals surface area (Å²) in [5.41, 5.74) is 3.59. The summed E-state index contributed by atoms with van der Waals surface area (Å²) < 4.78 is 5.64. The van der Waals surface area contributed by atoms with Crippen molar-refractivity contribution in [2.24, 2.45) is 23.2 Å². The molecule has 5 atom stereocenters. The molecule has 1 heterocycles. The van der Waals surface area contributed by atoms with Crippen LogP contribution in [0.15, 0.2) is 22.8 Å². The van der Waals surface area contributed by atoms with E-state index in [0.717, 1.165) is 29.2 Å². The van der Waals surface area contributed by atoms with E-state index in [4.69, 9.17) is 4.42 Å². The molecule has 4 rings (SSSR count). The minimum atomic E-state index is -0.400. The van der Waals surface area contributed by atoms with Crippen molar-refractivity contribution in [3.8, 4) is 0 Å². The van der Waals surface area contributed by atoms with E-state index in [-0.39, 0.29) is 11.3 Å². The summed E-state index contributed by atoms with van der Waals surface area (Å²) in [7, 11) is 0. The van der Waals surface area contributed by atoms with Crippen LogP contribution in [0, 0.1) is 30.1 Å². The fourth-order valence-electron chi connectivity index (χ4n) is 4.58. The third-order valence-corrected chi connectivity index (χ3v) is 5.48. The Hall–Kier alpha value is -1.02. The highest BCUT2D eigenvalue weighted by atomic mass is 16.3. The number of rotatable bonds is 0. The number of hydrogen-bond acceptors (Lipinski definition) is 2. The van der Waals surface area contributed by atoms with E-state index in [2.05, 4.69) is 13.5 Å². The topological polar surface area (TPSA) is 33.4 Å². The highest BCUT2D eigenvalue weighted by Gasteiger charge is 2.66. The lowest BCUT2D eigenvalue weighted by molar-refractivity contribution is 0.0272. The second-order valence-corrected chi connectivity index (χ2v) is 6.38. The average Bonchev–Trinajstić information content (AvgIpc) is 2.94. The highest BCUT2D eigenvalue weighted by molar-refractivity contribution is 5.42. The molecule has 4 unspecified atom stereocenters. The molecule has 0 saturated heterocycles. The van der Waals surface area contributed by atoms with Gasteiger partial charge >= 0.3 is 0 Å². The molecule has 1 aromatic heterocycles. The van der Waals surface area contributed by atoms with Gasteiger partial charge in [0.1, 0.15) is 5.76 Å². The van der Waals surface area contributed by atoms with Gasteiger partial charge in [0.15, 0.2) is 0 Å². The predicted molar refractivity (Wildman–Crippen MR) is 64.4 cm³/mol. The Bertz CT molecular complexity index is 527. The Morgan fingerprint density at radius 1 is 1.53 bits per heavy atom. The number of aliphatic hydroxyl groups excluding tert-OH is 1. The van der Waals surface area contributed by atoms with Crippen molar-refractivity contribution in [2.45, 2.75) is 32.8 Å². The molecule has 0 radical (unpaired) electrons. The van der Waals surface area contributed by atoms with Crippen molar-refractivity contribution in [3.05, 3.63) is 35.3 Å². The van der Waals surface area contributed by atoms with E-state index < -0.39 is 6.10 Å². The van der Waals surface area contributed by atoms with Crippen LogP contribution in [0.3, 0.4) is 0 Å². The molecule has 0 amide bonds. The van der Waals surface area contributed by atoms with E-state index >= 15 is 0 Å². The van der Waals surface area contributed by atoms with Gasteiger partial charge in [-0.15, -0.1) is 0 Å². The average molecular weight is 230 g/mol. The van der Waals surface area contributed by atoms with Gasteiger partial charge in [0.25, 0.3) is 0 Å². The maximum absolute atomic E-state index is 10.7. The summed E-state index contributed by atoms with van der Waals surface area (Å²) in [4.78, 5) is 0. The summed E-state index contributed by atoms with van der Waals surface area (Å²) in [6.45, 7) is 8.58. The number of furan rings is 1. The van der Waals surface area contributed by atoms with Gasteiger partial charge in [0.05, 0.1) is 12.4 Å². The van der Waals surface area contributed by atoms with Gasteiger partial charge in [-0.2, -0.15) is 0 Å². The molecule has 1 aromatic rings.